The molecule has 3 heteroatoms. The van der Waals surface area contributed by atoms with E-state index in [1.54, 1.807) is 0 Å². The molecule has 1 amide bonds. The van der Waals surface area contributed by atoms with Crippen LogP contribution in [0, 0.1) is 11.3 Å². The monoisotopic (exact) mass is 194 g/mol. The maximum absolute atomic E-state index is 11.8. The third kappa shape index (κ3) is 1.26. The van der Waals surface area contributed by atoms with Crippen LogP contribution in [-0.4, -0.2) is 18.0 Å². The van der Waals surface area contributed by atoms with E-state index in [1.165, 1.54) is 25.7 Å². The van der Waals surface area contributed by atoms with Crippen LogP contribution in [-0.2, 0) is 4.79 Å². The summed E-state index contributed by atoms with van der Waals surface area (Å²) < 4.78 is 0. The van der Waals surface area contributed by atoms with Crippen LogP contribution in [0.4, 0.5) is 0 Å². The molecule has 14 heavy (non-hydrogen) atoms. The number of hydrogen-bond donors (Lipinski definition) is 2. The number of amides is 1. The van der Waals surface area contributed by atoms with Gasteiger partial charge in [0.05, 0.1) is 0 Å². The predicted molar refractivity (Wildman–Crippen MR) is 53.5 cm³/mol. The van der Waals surface area contributed by atoms with Gasteiger partial charge in [-0.2, -0.15) is 0 Å². The highest BCUT2D eigenvalue weighted by atomic mass is 16.2. The molecule has 0 radical (unpaired) electrons. The largest absolute Gasteiger partial charge is 0.351 e. The lowest BCUT2D eigenvalue weighted by Gasteiger charge is -2.08. The van der Waals surface area contributed by atoms with Crippen molar-refractivity contribution in [2.45, 2.75) is 50.6 Å². The topological polar surface area (TPSA) is 55.1 Å². The SMILES string of the molecule is NC1CC1NC(=O)C1CC12CCCC2. The first-order valence-electron chi connectivity index (χ1n) is 5.77. The summed E-state index contributed by atoms with van der Waals surface area (Å²) in [6.45, 7) is 0. The molecule has 0 aromatic heterocycles. The highest BCUT2D eigenvalue weighted by Crippen LogP contribution is 2.62. The highest BCUT2D eigenvalue weighted by molar-refractivity contribution is 5.83. The Hall–Kier alpha value is -0.570. The molecular weight excluding hydrogens is 176 g/mol. The molecule has 3 aliphatic rings. The lowest BCUT2D eigenvalue weighted by atomic mass is 10.0. The van der Waals surface area contributed by atoms with Gasteiger partial charge in [0.2, 0.25) is 5.91 Å². The minimum atomic E-state index is 0.234. The van der Waals surface area contributed by atoms with E-state index < -0.39 is 0 Å². The smallest absolute Gasteiger partial charge is 0.223 e. The first-order chi connectivity index (χ1) is 6.71. The van der Waals surface area contributed by atoms with Crippen molar-refractivity contribution in [1.29, 1.82) is 0 Å². The van der Waals surface area contributed by atoms with Gasteiger partial charge >= 0.3 is 0 Å². The zero-order valence-corrected chi connectivity index (χ0v) is 8.46. The van der Waals surface area contributed by atoms with Gasteiger partial charge in [-0.25, -0.2) is 0 Å². The lowest BCUT2D eigenvalue weighted by molar-refractivity contribution is -0.123. The summed E-state index contributed by atoms with van der Waals surface area (Å²) in [6, 6.07) is 0.527. The average Bonchev–Trinajstić information content (AvgIpc) is 2.91. The first-order valence-corrected chi connectivity index (χ1v) is 5.77. The Morgan fingerprint density at radius 3 is 2.57 bits per heavy atom. The van der Waals surface area contributed by atoms with Gasteiger partial charge in [0.25, 0.3) is 0 Å². The highest BCUT2D eigenvalue weighted by Gasteiger charge is 2.59. The van der Waals surface area contributed by atoms with Gasteiger partial charge in [-0.05, 0) is 31.1 Å². The van der Waals surface area contributed by atoms with Gasteiger partial charge in [0.1, 0.15) is 0 Å². The van der Waals surface area contributed by atoms with Crippen molar-refractivity contribution in [2.75, 3.05) is 0 Å². The van der Waals surface area contributed by atoms with Crippen LogP contribution in [0.5, 0.6) is 0 Å². The summed E-state index contributed by atoms with van der Waals surface area (Å²) in [4.78, 5) is 11.8. The van der Waals surface area contributed by atoms with Crippen LogP contribution < -0.4 is 11.1 Å². The molecule has 0 heterocycles. The van der Waals surface area contributed by atoms with Gasteiger partial charge in [0, 0.05) is 18.0 Å². The van der Waals surface area contributed by atoms with E-state index in [4.69, 9.17) is 5.73 Å². The van der Waals surface area contributed by atoms with Crippen LogP contribution in [0.1, 0.15) is 38.5 Å². The van der Waals surface area contributed by atoms with Crippen LogP contribution in [0.25, 0.3) is 0 Å². The Morgan fingerprint density at radius 1 is 1.36 bits per heavy atom. The molecule has 3 rings (SSSR count). The molecule has 0 aromatic carbocycles. The molecule has 3 nitrogen and oxygen atoms in total. The van der Waals surface area contributed by atoms with Crippen molar-refractivity contribution in [1.82, 2.24) is 5.32 Å². The quantitative estimate of drug-likeness (QED) is 0.682. The van der Waals surface area contributed by atoms with E-state index in [2.05, 4.69) is 5.32 Å². The van der Waals surface area contributed by atoms with Crippen LogP contribution in [0.2, 0.25) is 0 Å². The Bertz CT molecular complexity index is 270. The summed E-state index contributed by atoms with van der Waals surface area (Å²) in [5, 5.41) is 3.05. The predicted octanol–water partition coefficient (Wildman–Crippen LogP) is 0.782. The number of rotatable bonds is 2. The number of nitrogens with one attached hydrogen (secondary N) is 1. The molecule has 0 bridgehead atoms. The fraction of sp³-hybridized carbons (Fsp3) is 0.909. The Balaban J connectivity index is 1.55. The molecule has 3 N–H and O–H groups in total. The Labute approximate surface area is 84.4 Å². The van der Waals surface area contributed by atoms with E-state index >= 15 is 0 Å². The molecule has 78 valence electrons. The van der Waals surface area contributed by atoms with E-state index in [0.29, 0.717) is 17.4 Å². The maximum atomic E-state index is 11.8. The zero-order chi connectivity index (χ0) is 9.76. The van der Waals surface area contributed by atoms with Crippen molar-refractivity contribution < 1.29 is 4.79 Å². The minimum absolute atomic E-state index is 0.234. The molecule has 3 fully saturated rings. The number of carbonyl (C=O) groups is 1. The third-order valence-electron chi connectivity index (χ3n) is 4.27. The normalized spacial score (nSPS) is 42.5. The fourth-order valence-electron chi connectivity index (χ4n) is 3.01. The molecule has 1 spiro atoms. The molecule has 3 unspecified atom stereocenters. The number of hydrogen-bond acceptors (Lipinski definition) is 2. The van der Waals surface area contributed by atoms with Gasteiger partial charge in [-0.1, -0.05) is 12.8 Å². The summed E-state index contributed by atoms with van der Waals surface area (Å²) in [6.07, 6.45) is 7.33. The van der Waals surface area contributed by atoms with Crippen molar-refractivity contribution >= 4 is 5.91 Å². The minimum Gasteiger partial charge on any atom is -0.351 e. The molecule has 0 saturated heterocycles. The van der Waals surface area contributed by atoms with Gasteiger partial charge in [-0.3, -0.25) is 4.79 Å². The maximum Gasteiger partial charge on any atom is 0.223 e. The van der Waals surface area contributed by atoms with Crippen molar-refractivity contribution in [3.05, 3.63) is 0 Å². The van der Waals surface area contributed by atoms with Gasteiger partial charge in [0.15, 0.2) is 0 Å². The lowest BCUT2D eigenvalue weighted by Crippen LogP contribution is -2.32. The van der Waals surface area contributed by atoms with Crippen molar-refractivity contribution in [2.24, 2.45) is 17.1 Å². The first kappa shape index (κ1) is 8.72. The Morgan fingerprint density at radius 2 is 2.00 bits per heavy atom. The van der Waals surface area contributed by atoms with Crippen LogP contribution in [0.15, 0.2) is 0 Å². The molecule has 3 saturated carbocycles. The van der Waals surface area contributed by atoms with Crippen molar-refractivity contribution in [3.8, 4) is 0 Å². The molecule has 0 aromatic rings. The molecule has 3 aliphatic carbocycles. The average molecular weight is 194 g/mol. The van der Waals surface area contributed by atoms with E-state index in [0.717, 1.165) is 12.8 Å². The van der Waals surface area contributed by atoms with E-state index in [1.807, 2.05) is 0 Å². The second-order valence-corrected chi connectivity index (χ2v) is 5.34. The van der Waals surface area contributed by atoms with Gasteiger partial charge in [-0.15, -0.1) is 0 Å². The Kier molecular flexibility index (Phi) is 1.69. The number of nitrogens with two attached hydrogens (primary N) is 1. The summed E-state index contributed by atoms with van der Waals surface area (Å²) >= 11 is 0. The zero-order valence-electron chi connectivity index (χ0n) is 8.46. The van der Waals surface area contributed by atoms with Crippen LogP contribution in [0.3, 0.4) is 0 Å². The third-order valence-corrected chi connectivity index (χ3v) is 4.27. The molecular formula is C11H18N2O. The van der Waals surface area contributed by atoms with Gasteiger partial charge < -0.3 is 11.1 Å². The summed E-state index contributed by atoms with van der Waals surface area (Å²) in [5.74, 6) is 0.614. The summed E-state index contributed by atoms with van der Waals surface area (Å²) in [7, 11) is 0. The van der Waals surface area contributed by atoms with Crippen LogP contribution >= 0.6 is 0 Å². The van der Waals surface area contributed by atoms with Crippen molar-refractivity contribution in [3.63, 3.8) is 0 Å². The van der Waals surface area contributed by atoms with E-state index in [9.17, 15) is 4.79 Å². The number of carbonyl (C=O) groups excluding carboxylic acids is 1. The second-order valence-electron chi connectivity index (χ2n) is 5.34. The fourth-order valence-corrected chi connectivity index (χ4v) is 3.01. The molecule has 0 aliphatic heterocycles. The summed E-state index contributed by atoms with van der Waals surface area (Å²) in [5.41, 5.74) is 6.10. The standard InChI is InChI=1S/C11H18N2O/c12-8-5-9(8)13-10(14)7-6-11(7)3-1-2-4-11/h7-9H,1-6,12H2,(H,13,14). The van der Waals surface area contributed by atoms with E-state index in [-0.39, 0.29) is 11.9 Å². The second kappa shape index (κ2) is 2.72. The molecule has 3 atom stereocenters.